The number of halogens is 1. The van der Waals surface area contributed by atoms with E-state index in [1.807, 2.05) is 77.6 Å². The van der Waals surface area contributed by atoms with Crippen molar-refractivity contribution in [3.05, 3.63) is 102 Å². The van der Waals surface area contributed by atoms with Crippen LogP contribution in [0, 0.1) is 0 Å². The molecular weight excluding hydrogens is 382 g/mol. The maximum Gasteiger partial charge on any atom is 0.220 e. The zero-order chi connectivity index (χ0) is 19.6. The number of oxazole rings is 1. The van der Waals surface area contributed by atoms with Crippen LogP contribution in [0.4, 0.5) is 0 Å². The van der Waals surface area contributed by atoms with Crippen molar-refractivity contribution in [1.29, 1.82) is 0 Å². The van der Waals surface area contributed by atoms with Crippen molar-refractivity contribution in [2.24, 2.45) is 0 Å². The highest BCUT2D eigenvalue weighted by atomic mass is 35.5. The summed E-state index contributed by atoms with van der Waals surface area (Å²) in [5, 5.41) is 5.45. The number of benzene rings is 3. The number of hydrogen-bond acceptors (Lipinski definition) is 3. The Balaban J connectivity index is 1.57. The van der Waals surface area contributed by atoms with Gasteiger partial charge in [0.1, 0.15) is 5.52 Å². The Hall–Kier alpha value is -3.63. The first-order valence-electron chi connectivity index (χ1n) is 9.21. The van der Waals surface area contributed by atoms with E-state index in [4.69, 9.17) is 21.1 Å². The average Bonchev–Trinajstić information content (AvgIpc) is 3.37. The predicted octanol–water partition coefficient (Wildman–Crippen LogP) is 6.50. The topological polar surface area (TPSA) is 43.9 Å². The van der Waals surface area contributed by atoms with E-state index in [9.17, 15) is 0 Å². The van der Waals surface area contributed by atoms with E-state index in [-0.39, 0.29) is 0 Å². The molecule has 4 nitrogen and oxygen atoms in total. The number of hydrogen-bond donors (Lipinski definition) is 0. The largest absolute Gasteiger partial charge is 0.437 e. The number of aromatic nitrogens is 3. The third-order valence-corrected chi connectivity index (χ3v) is 4.82. The average molecular weight is 398 g/mol. The van der Waals surface area contributed by atoms with Gasteiger partial charge >= 0.3 is 0 Å². The predicted molar refractivity (Wildman–Crippen MR) is 117 cm³/mol. The highest BCUT2D eigenvalue weighted by Crippen LogP contribution is 2.26. The van der Waals surface area contributed by atoms with Crippen LogP contribution in [0.15, 0.2) is 89.5 Å². The zero-order valence-corrected chi connectivity index (χ0v) is 16.1. The number of rotatable bonds is 4. The third kappa shape index (κ3) is 3.58. The second-order valence-electron chi connectivity index (χ2n) is 6.58. The highest BCUT2D eigenvalue weighted by molar-refractivity contribution is 6.31. The molecule has 5 heteroatoms. The van der Waals surface area contributed by atoms with Gasteiger partial charge in [0.05, 0.1) is 11.4 Å². The molecular formula is C24H16ClN3O. The summed E-state index contributed by atoms with van der Waals surface area (Å²) in [6.45, 7) is 0. The fourth-order valence-electron chi connectivity index (χ4n) is 3.19. The molecule has 0 saturated carbocycles. The summed E-state index contributed by atoms with van der Waals surface area (Å²) in [7, 11) is 0. The van der Waals surface area contributed by atoms with E-state index in [0.29, 0.717) is 16.5 Å². The Morgan fingerprint density at radius 2 is 1.62 bits per heavy atom. The van der Waals surface area contributed by atoms with E-state index in [0.717, 1.165) is 28.0 Å². The monoisotopic (exact) mass is 397 g/mol. The summed E-state index contributed by atoms with van der Waals surface area (Å²) in [5.41, 5.74) is 5.36. The van der Waals surface area contributed by atoms with Gasteiger partial charge in [0.15, 0.2) is 5.58 Å². The van der Waals surface area contributed by atoms with Gasteiger partial charge in [0.2, 0.25) is 5.89 Å². The molecule has 140 valence electrons. The Morgan fingerprint density at radius 3 is 2.41 bits per heavy atom. The van der Waals surface area contributed by atoms with Crippen molar-refractivity contribution < 1.29 is 4.42 Å². The molecule has 0 radical (unpaired) electrons. The van der Waals surface area contributed by atoms with Gasteiger partial charge in [-0.2, -0.15) is 5.10 Å². The first-order chi connectivity index (χ1) is 14.3. The Labute approximate surface area is 172 Å². The van der Waals surface area contributed by atoms with E-state index < -0.39 is 0 Å². The van der Waals surface area contributed by atoms with Gasteiger partial charge < -0.3 is 4.42 Å². The molecule has 0 aliphatic rings. The minimum absolute atomic E-state index is 0.522. The summed E-state index contributed by atoms with van der Waals surface area (Å²) in [6, 6.07) is 25.6. The van der Waals surface area contributed by atoms with Crippen LogP contribution in [0.2, 0.25) is 5.02 Å². The van der Waals surface area contributed by atoms with Crippen LogP contribution in [0.5, 0.6) is 0 Å². The molecule has 5 rings (SSSR count). The maximum atomic E-state index is 6.04. The Bertz CT molecular complexity index is 1300. The molecule has 0 saturated heterocycles. The lowest BCUT2D eigenvalue weighted by Crippen LogP contribution is -1.93. The van der Waals surface area contributed by atoms with Crippen LogP contribution in [0.3, 0.4) is 0 Å². The van der Waals surface area contributed by atoms with Crippen LogP contribution >= 0.6 is 11.6 Å². The number of fused-ring (bicyclic) bond motifs is 1. The quantitative estimate of drug-likeness (QED) is 0.347. The van der Waals surface area contributed by atoms with Gasteiger partial charge in [-0.3, -0.25) is 0 Å². The molecule has 0 fully saturated rings. The summed E-state index contributed by atoms with van der Waals surface area (Å²) in [6.07, 6.45) is 5.83. The van der Waals surface area contributed by atoms with Crippen molar-refractivity contribution in [1.82, 2.24) is 14.8 Å². The lowest BCUT2D eigenvalue weighted by atomic mass is 10.1. The highest BCUT2D eigenvalue weighted by Gasteiger charge is 2.11. The summed E-state index contributed by atoms with van der Waals surface area (Å²) in [5.74, 6) is 0.522. The molecule has 29 heavy (non-hydrogen) atoms. The maximum absolute atomic E-state index is 6.04. The van der Waals surface area contributed by atoms with Gasteiger partial charge in [0.25, 0.3) is 0 Å². The van der Waals surface area contributed by atoms with Crippen LogP contribution in [0.1, 0.15) is 11.5 Å². The molecule has 0 bridgehead atoms. The van der Waals surface area contributed by atoms with Crippen molar-refractivity contribution >= 4 is 34.9 Å². The van der Waals surface area contributed by atoms with Gasteiger partial charge in [0, 0.05) is 28.4 Å². The molecule has 2 heterocycles. The summed E-state index contributed by atoms with van der Waals surface area (Å²) < 4.78 is 7.68. The van der Waals surface area contributed by atoms with E-state index >= 15 is 0 Å². The van der Waals surface area contributed by atoms with Crippen LogP contribution in [-0.4, -0.2) is 14.8 Å². The standard InChI is InChI=1S/C24H16ClN3O/c25-19-12-13-22-21(15-19)26-23(29-22)14-11-18-16-28(20-9-5-2-6-10-20)27-24(18)17-7-3-1-4-8-17/h1-16H. The second-order valence-corrected chi connectivity index (χ2v) is 7.01. The molecule has 0 atom stereocenters. The summed E-state index contributed by atoms with van der Waals surface area (Å²) >= 11 is 6.04. The third-order valence-electron chi connectivity index (χ3n) is 4.58. The van der Waals surface area contributed by atoms with Gasteiger partial charge in [-0.05, 0) is 36.4 Å². The van der Waals surface area contributed by atoms with Gasteiger partial charge in [-0.1, -0.05) is 60.1 Å². The van der Waals surface area contributed by atoms with E-state index in [2.05, 4.69) is 17.1 Å². The smallest absolute Gasteiger partial charge is 0.220 e. The normalized spacial score (nSPS) is 11.5. The minimum atomic E-state index is 0.522. The van der Waals surface area contributed by atoms with Gasteiger partial charge in [-0.25, -0.2) is 9.67 Å². The lowest BCUT2D eigenvalue weighted by molar-refractivity contribution is 0.590. The molecule has 2 aromatic heterocycles. The van der Waals surface area contributed by atoms with Crippen molar-refractivity contribution in [2.75, 3.05) is 0 Å². The van der Waals surface area contributed by atoms with Crippen molar-refractivity contribution in [3.8, 4) is 16.9 Å². The van der Waals surface area contributed by atoms with E-state index in [1.54, 1.807) is 12.1 Å². The molecule has 0 amide bonds. The zero-order valence-electron chi connectivity index (χ0n) is 15.4. The Morgan fingerprint density at radius 1 is 0.862 bits per heavy atom. The molecule has 0 aliphatic heterocycles. The van der Waals surface area contributed by atoms with E-state index in [1.165, 1.54) is 0 Å². The minimum Gasteiger partial charge on any atom is -0.437 e. The number of para-hydroxylation sites is 1. The fraction of sp³-hybridized carbons (Fsp3) is 0. The Kier molecular flexibility index (Phi) is 4.47. The van der Waals surface area contributed by atoms with Crippen LogP contribution in [-0.2, 0) is 0 Å². The lowest BCUT2D eigenvalue weighted by Gasteiger charge is -2.00. The molecule has 0 spiro atoms. The molecule has 0 N–H and O–H groups in total. The summed E-state index contributed by atoms with van der Waals surface area (Å²) in [4.78, 5) is 4.49. The van der Waals surface area contributed by atoms with Crippen LogP contribution in [0.25, 0.3) is 40.2 Å². The van der Waals surface area contributed by atoms with Crippen molar-refractivity contribution in [3.63, 3.8) is 0 Å². The SMILES string of the molecule is Clc1ccc2oc(C=Cc3cn(-c4ccccc4)nc3-c3ccccc3)nc2c1. The first-order valence-corrected chi connectivity index (χ1v) is 9.59. The fourth-order valence-corrected chi connectivity index (χ4v) is 3.36. The molecule has 0 unspecified atom stereocenters. The molecule has 0 aliphatic carbocycles. The van der Waals surface area contributed by atoms with Gasteiger partial charge in [-0.15, -0.1) is 0 Å². The number of nitrogens with zero attached hydrogens (tertiary/aromatic N) is 3. The molecule has 5 aromatic rings. The second kappa shape index (κ2) is 7.41. The van der Waals surface area contributed by atoms with Crippen LogP contribution < -0.4 is 0 Å². The first kappa shape index (κ1) is 17.5. The van der Waals surface area contributed by atoms with Crippen molar-refractivity contribution in [2.45, 2.75) is 0 Å². The molecule has 3 aromatic carbocycles.